The van der Waals surface area contributed by atoms with Gasteiger partial charge >= 0.3 is 10.9 Å². The first-order valence-electron chi connectivity index (χ1n) is 9.28. The summed E-state index contributed by atoms with van der Waals surface area (Å²) >= 11 is 5.11. The van der Waals surface area contributed by atoms with E-state index in [1.165, 1.54) is 6.33 Å². The summed E-state index contributed by atoms with van der Waals surface area (Å²) in [5, 5.41) is 0.116. The van der Waals surface area contributed by atoms with Crippen molar-refractivity contribution in [1.82, 2.24) is 14.5 Å². The van der Waals surface area contributed by atoms with E-state index in [1.807, 2.05) is 0 Å². The van der Waals surface area contributed by atoms with Crippen LogP contribution in [0.3, 0.4) is 0 Å². The molecule has 2 aliphatic rings. The Morgan fingerprint density at radius 3 is 2.69 bits per heavy atom. The molecular formula is C17H24N4O6SSi. The number of nitrogen functional groups attached to an aromatic ring is 1. The Labute approximate surface area is 173 Å². The van der Waals surface area contributed by atoms with Crippen LogP contribution in [0, 0.1) is 0 Å². The largest absolute Gasteiger partial charge is 0.447 e. The van der Waals surface area contributed by atoms with Crippen LogP contribution in [0.25, 0.3) is 11.2 Å². The van der Waals surface area contributed by atoms with Crippen molar-refractivity contribution in [3.8, 4) is 0 Å². The highest BCUT2D eigenvalue weighted by Crippen LogP contribution is 2.41. The fourth-order valence-corrected chi connectivity index (χ4v) is 4.39. The van der Waals surface area contributed by atoms with Gasteiger partial charge < -0.3 is 28.8 Å². The van der Waals surface area contributed by atoms with Crippen molar-refractivity contribution in [3.63, 3.8) is 0 Å². The molecule has 0 bridgehead atoms. The lowest BCUT2D eigenvalue weighted by atomic mass is 10.1. The van der Waals surface area contributed by atoms with Gasteiger partial charge in [0, 0.05) is 12.2 Å². The molecule has 0 aromatic carbocycles. The summed E-state index contributed by atoms with van der Waals surface area (Å²) < 4.78 is 30.3. The lowest BCUT2D eigenvalue weighted by Crippen LogP contribution is -2.44. The van der Waals surface area contributed by atoms with Crippen LogP contribution >= 0.6 is 12.2 Å². The molecular weight excluding hydrogens is 416 g/mol. The molecule has 158 valence electrons. The van der Waals surface area contributed by atoms with Crippen molar-refractivity contribution in [2.75, 3.05) is 12.3 Å². The Morgan fingerprint density at radius 1 is 1.31 bits per heavy atom. The number of aromatic nitrogens is 3. The Kier molecular flexibility index (Phi) is 4.72. The first-order chi connectivity index (χ1) is 13.5. The maximum Gasteiger partial charge on any atom is 0.368 e. The van der Waals surface area contributed by atoms with Gasteiger partial charge in [-0.25, -0.2) is 9.78 Å². The minimum Gasteiger partial charge on any atom is -0.447 e. The second-order valence-electron chi connectivity index (χ2n) is 8.71. The van der Waals surface area contributed by atoms with Crippen LogP contribution < -0.4 is 11.4 Å². The zero-order valence-corrected chi connectivity index (χ0v) is 18.7. The smallest absolute Gasteiger partial charge is 0.368 e. The third-order valence-corrected chi connectivity index (χ3v) is 10.5. The summed E-state index contributed by atoms with van der Waals surface area (Å²) in [6.45, 7) is 11.2. The average molecular weight is 441 g/mol. The predicted octanol–water partition coefficient (Wildman–Crippen LogP) is 1.95. The van der Waals surface area contributed by atoms with E-state index in [9.17, 15) is 4.79 Å². The fourth-order valence-electron chi connectivity index (χ4n) is 3.16. The van der Waals surface area contributed by atoms with E-state index in [4.69, 9.17) is 41.0 Å². The normalized spacial score (nSPS) is 27.1. The third-order valence-electron chi connectivity index (χ3n) is 5.81. The van der Waals surface area contributed by atoms with Crippen LogP contribution in [0.4, 0.5) is 6.01 Å². The van der Waals surface area contributed by atoms with Crippen LogP contribution in [-0.2, 0) is 18.6 Å². The third kappa shape index (κ3) is 3.43. The fraction of sp³-hybridized carbons (Fsp3) is 0.647. The number of hydrogen-bond acceptors (Lipinski definition) is 10. The maximum absolute atomic E-state index is 12.0. The van der Waals surface area contributed by atoms with Gasteiger partial charge in [-0.1, -0.05) is 20.8 Å². The van der Waals surface area contributed by atoms with Gasteiger partial charge in [-0.15, -0.1) is 0 Å². The summed E-state index contributed by atoms with van der Waals surface area (Å²) in [6, 6.07) is -0.254. The van der Waals surface area contributed by atoms with Crippen LogP contribution in [0.1, 0.15) is 27.0 Å². The van der Waals surface area contributed by atoms with Crippen LogP contribution in [0.2, 0.25) is 18.1 Å². The number of rotatable bonds is 4. The SMILES string of the molecule is CC(C)(C)[Si](C)(C)OC[C@H]1O[C@@H](n2cnc3c(=O)oc(N)nc32)[C@@H]2OC(=S)O[C@@H]21. The van der Waals surface area contributed by atoms with Crippen molar-refractivity contribution >= 4 is 43.0 Å². The van der Waals surface area contributed by atoms with Gasteiger partial charge in [0.2, 0.25) is 0 Å². The van der Waals surface area contributed by atoms with E-state index in [0.717, 1.165) is 0 Å². The summed E-state index contributed by atoms with van der Waals surface area (Å²) in [4.78, 5) is 20.2. The molecule has 4 atom stereocenters. The van der Waals surface area contributed by atoms with Crippen molar-refractivity contribution in [2.45, 2.75) is 63.4 Å². The number of hydrogen-bond donors (Lipinski definition) is 1. The summed E-state index contributed by atoms with van der Waals surface area (Å²) in [5.74, 6) is 0. The van der Waals surface area contributed by atoms with Gasteiger partial charge in [0.25, 0.3) is 6.01 Å². The number of fused-ring (bicyclic) bond motifs is 2. The van der Waals surface area contributed by atoms with Gasteiger partial charge in [-0.2, -0.15) is 4.98 Å². The second-order valence-corrected chi connectivity index (χ2v) is 13.9. The Balaban J connectivity index is 1.63. The van der Waals surface area contributed by atoms with Crippen LogP contribution in [0.5, 0.6) is 0 Å². The molecule has 2 aromatic heterocycles. The first-order valence-corrected chi connectivity index (χ1v) is 12.6. The number of ether oxygens (including phenoxy) is 3. The van der Waals surface area contributed by atoms with Gasteiger partial charge in [-0.3, -0.25) is 4.57 Å². The number of nitrogens with zero attached hydrogens (tertiary/aromatic N) is 3. The van der Waals surface area contributed by atoms with Crippen molar-refractivity contribution < 1.29 is 23.1 Å². The maximum atomic E-state index is 12.0. The molecule has 29 heavy (non-hydrogen) atoms. The molecule has 12 heteroatoms. The Hall–Kier alpha value is -2.02. The number of anilines is 1. The Morgan fingerprint density at radius 2 is 2.00 bits per heavy atom. The van der Waals surface area contributed by atoms with Crippen molar-refractivity contribution in [1.29, 1.82) is 0 Å². The molecule has 2 N–H and O–H groups in total. The molecule has 4 heterocycles. The highest BCUT2D eigenvalue weighted by molar-refractivity contribution is 7.79. The predicted molar refractivity (Wildman–Crippen MR) is 110 cm³/mol. The van der Waals surface area contributed by atoms with E-state index >= 15 is 0 Å². The summed E-state index contributed by atoms with van der Waals surface area (Å²) in [7, 11) is -1.99. The first kappa shape index (κ1) is 20.3. The molecule has 0 spiro atoms. The van der Waals surface area contributed by atoms with E-state index in [2.05, 4.69) is 43.8 Å². The average Bonchev–Trinajstić information content (AvgIpc) is 3.25. The van der Waals surface area contributed by atoms with E-state index in [0.29, 0.717) is 6.61 Å². The van der Waals surface area contributed by atoms with Crippen LogP contribution in [-0.4, -0.2) is 53.0 Å². The minimum atomic E-state index is -1.99. The molecule has 2 fully saturated rings. The molecule has 0 amide bonds. The molecule has 10 nitrogen and oxygen atoms in total. The molecule has 4 rings (SSSR count). The van der Waals surface area contributed by atoms with E-state index < -0.39 is 38.5 Å². The second kappa shape index (κ2) is 6.76. The molecule has 2 aliphatic heterocycles. The van der Waals surface area contributed by atoms with E-state index in [1.54, 1.807) is 4.57 Å². The minimum absolute atomic E-state index is 0.0572. The van der Waals surface area contributed by atoms with Gasteiger partial charge in [0.15, 0.2) is 37.9 Å². The van der Waals surface area contributed by atoms with Crippen molar-refractivity contribution in [3.05, 3.63) is 16.7 Å². The van der Waals surface area contributed by atoms with Crippen molar-refractivity contribution in [2.24, 2.45) is 0 Å². The van der Waals surface area contributed by atoms with E-state index in [-0.39, 0.29) is 27.5 Å². The highest BCUT2D eigenvalue weighted by Gasteiger charge is 2.55. The van der Waals surface area contributed by atoms with Gasteiger partial charge in [-0.05, 0) is 18.1 Å². The van der Waals surface area contributed by atoms with Gasteiger partial charge in [0.05, 0.1) is 12.9 Å². The standard InChI is InChI=1S/C17H24N4O6SSi/c1-17(2,3)29(4,5)23-6-8-10-11(26-16(28)25-10)13(24-8)21-7-19-9-12(21)20-15(18)27-14(9)22/h7-8,10-11,13H,6H2,1-5H3,(H2,18,20)/t8-,10-,11-,13-/m1/s1. The highest BCUT2D eigenvalue weighted by atomic mass is 32.1. The number of imidazole rings is 1. The molecule has 0 unspecified atom stereocenters. The lowest BCUT2D eigenvalue weighted by molar-refractivity contribution is -0.0581. The Bertz CT molecular complexity index is 1020. The molecule has 0 radical (unpaired) electrons. The molecule has 0 aliphatic carbocycles. The number of thiocarbonyl (C=S) groups is 1. The van der Waals surface area contributed by atoms with Crippen LogP contribution in [0.15, 0.2) is 15.5 Å². The topological polar surface area (TPSA) is 124 Å². The zero-order chi connectivity index (χ0) is 21.1. The zero-order valence-electron chi connectivity index (χ0n) is 16.9. The summed E-state index contributed by atoms with van der Waals surface area (Å²) in [6.07, 6.45) is -0.589. The molecule has 2 aromatic rings. The monoisotopic (exact) mass is 440 g/mol. The number of nitrogens with two attached hydrogens (primary N) is 1. The lowest BCUT2D eigenvalue weighted by Gasteiger charge is -2.37. The summed E-state index contributed by atoms with van der Waals surface area (Å²) in [5.41, 5.74) is 5.23. The molecule has 2 saturated heterocycles. The quantitative estimate of drug-likeness (QED) is 0.557. The van der Waals surface area contributed by atoms with Gasteiger partial charge in [0.1, 0.15) is 6.10 Å². The molecule has 0 saturated carbocycles.